The van der Waals surface area contributed by atoms with E-state index in [-0.39, 0.29) is 30.5 Å². The fourth-order valence-corrected chi connectivity index (χ4v) is 3.95. The van der Waals surface area contributed by atoms with Gasteiger partial charge in [0.2, 0.25) is 0 Å². The van der Waals surface area contributed by atoms with Crippen molar-refractivity contribution in [2.45, 2.75) is 45.1 Å². The molecule has 9 nitrogen and oxygen atoms in total. The third-order valence-corrected chi connectivity index (χ3v) is 5.28. The molecule has 0 N–H and O–H groups in total. The minimum absolute atomic E-state index is 0.201. The molecule has 0 aromatic carbocycles. The highest BCUT2D eigenvalue weighted by atomic mass is 32.2. The Labute approximate surface area is 136 Å². The van der Waals surface area contributed by atoms with Crippen LogP contribution in [-0.4, -0.2) is 76.8 Å². The summed E-state index contributed by atoms with van der Waals surface area (Å²) in [7, 11) is -3.84. The Morgan fingerprint density at radius 3 is 2.39 bits per heavy atom. The van der Waals surface area contributed by atoms with Crippen LogP contribution in [-0.2, 0) is 14.8 Å². The molecule has 0 spiro atoms. The predicted molar refractivity (Wildman–Crippen MR) is 82.5 cm³/mol. The van der Waals surface area contributed by atoms with Gasteiger partial charge in [0.15, 0.2) is 0 Å². The van der Waals surface area contributed by atoms with Gasteiger partial charge in [-0.2, -0.15) is 8.99 Å². The molecule has 2 unspecified atom stereocenters. The maximum atomic E-state index is 12.6. The van der Waals surface area contributed by atoms with Crippen molar-refractivity contribution in [3.05, 3.63) is 6.33 Å². The zero-order valence-corrected chi connectivity index (χ0v) is 14.7. The number of rotatable bonds is 4. The van der Waals surface area contributed by atoms with E-state index in [1.807, 2.05) is 27.7 Å². The van der Waals surface area contributed by atoms with Crippen LogP contribution in [0.25, 0.3) is 0 Å². The molecular weight excluding hydrogens is 322 g/mol. The van der Waals surface area contributed by atoms with E-state index in [9.17, 15) is 13.2 Å². The quantitative estimate of drug-likeness (QED) is 0.783. The zero-order valence-electron chi connectivity index (χ0n) is 13.8. The van der Waals surface area contributed by atoms with E-state index in [1.165, 1.54) is 9.21 Å². The van der Waals surface area contributed by atoms with E-state index < -0.39 is 16.1 Å². The fraction of sp³-hybridized carbons (Fsp3) is 0.769. The lowest BCUT2D eigenvalue weighted by atomic mass is 10.3. The number of carbonyl (C=O) groups excluding carboxylic acids is 1. The summed E-state index contributed by atoms with van der Waals surface area (Å²) in [6, 6.07) is -0.396. The van der Waals surface area contributed by atoms with Crippen LogP contribution >= 0.6 is 0 Å². The first-order valence-electron chi connectivity index (χ1n) is 7.66. The summed E-state index contributed by atoms with van der Waals surface area (Å²) in [5.41, 5.74) is 0. The third kappa shape index (κ3) is 3.70. The number of hydrogen-bond acceptors (Lipinski definition) is 6. The van der Waals surface area contributed by atoms with Crippen molar-refractivity contribution in [2.75, 3.05) is 26.2 Å². The molecule has 0 radical (unpaired) electrons. The van der Waals surface area contributed by atoms with Crippen molar-refractivity contribution in [1.29, 1.82) is 0 Å². The lowest BCUT2D eigenvalue weighted by Crippen LogP contribution is -2.48. The average Bonchev–Trinajstić information content (AvgIpc) is 2.98. The Hall–Kier alpha value is -1.52. The largest absolute Gasteiger partial charge is 0.373 e. The van der Waals surface area contributed by atoms with Crippen molar-refractivity contribution in [1.82, 2.24) is 24.0 Å². The lowest BCUT2D eigenvalue weighted by molar-refractivity contribution is -0.0442. The molecule has 1 fully saturated rings. The highest BCUT2D eigenvalue weighted by molar-refractivity contribution is 7.88. The molecular formula is C13H23N5O4S. The number of aromatic nitrogens is 3. The van der Waals surface area contributed by atoms with Gasteiger partial charge >= 0.3 is 6.03 Å². The third-order valence-electron chi connectivity index (χ3n) is 3.66. The standard InChI is InChI=1S/C13H23N5O4S/c1-5-16(6-2)13(19)18-9-14-12(15-18)23(20,21)17-7-10(3)22-11(4)8-17/h9-11H,5-8H2,1-4H3. The minimum Gasteiger partial charge on any atom is -0.373 e. The van der Waals surface area contributed by atoms with Gasteiger partial charge in [0.1, 0.15) is 6.33 Å². The van der Waals surface area contributed by atoms with E-state index in [2.05, 4.69) is 10.1 Å². The van der Waals surface area contributed by atoms with Gasteiger partial charge in [-0.15, -0.1) is 5.10 Å². The fourth-order valence-electron chi connectivity index (χ4n) is 2.54. The van der Waals surface area contributed by atoms with Gasteiger partial charge in [0.25, 0.3) is 15.2 Å². The number of carbonyl (C=O) groups is 1. The number of sulfonamides is 1. The molecule has 1 aromatic heterocycles. The van der Waals surface area contributed by atoms with Gasteiger partial charge in [-0.05, 0) is 27.7 Å². The topological polar surface area (TPSA) is 97.6 Å². The first-order valence-corrected chi connectivity index (χ1v) is 9.10. The van der Waals surface area contributed by atoms with Crippen LogP contribution in [0.3, 0.4) is 0 Å². The summed E-state index contributed by atoms with van der Waals surface area (Å²) in [4.78, 5) is 17.5. The van der Waals surface area contributed by atoms with E-state index in [0.717, 1.165) is 11.0 Å². The van der Waals surface area contributed by atoms with Crippen molar-refractivity contribution < 1.29 is 17.9 Å². The van der Waals surface area contributed by atoms with Crippen LogP contribution in [0, 0.1) is 0 Å². The Morgan fingerprint density at radius 1 is 1.30 bits per heavy atom. The summed E-state index contributed by atoms with van der Waals surface area (Å²) in [5.74, 6) is 0. The molecule has 0 bridgehead atoms. The number of nitrogens with zero attached hydrogens (tertiary/aromatic N) is 5. The molecule has 0 saturated carbocycles. The molecule has 10 heteroatoms. The molecule has 1 aromatic rings. The number of hydrogen-bond donors (Lipinski definition) is 0. The predicted octanol–water partition coefficient (Wildman–Crippen LogP) is 0.386. The molecule has 0 aliphatic carbocycles. The summed E-state index contributed by atoms with van der Waals surface area (Å²) in [6.45, 7) is 8.81. The maximum Gasteiger partial charge on any atom is 0.346 e. The van der Waals surface area contributed by atoms with Gasteiger partial charge in [0.05, 0.1) is 12.2 Å². The molecule has 130 valence electrons. The van der Waals surface area contributed by atoms with Gasteiger partial charge in [0, 0.05) is 26.2 Å². The van der Waals surface area contributed by atoms with E-state index in [1.54, 1.807) is 0 Å². The van der Waals surface area contributed by atoms with Gasteiger partial charge in [-0.1, -0.05) is 0 Å². The number of ether oxygens (including phenoxy) is 1. The first kappa shape index (κ1) is 17.8. The molecule has 2 atom stereocenters. The second kappa shape index (κ2) is 6.93. The monoisotopic (exact) mass is 345 g/mol. The molecule has 1 aliphatic rings. The van der Waals surface area contributed by atoms with E-state index >= 15 is 0 Å². The zero-order chi connectivity index (χ0) is 17.2. The summed E-state index contributed by atoms with van der Waals surface area (Å²) in [5, 5.41) is 3.51. The van der Waals surface area contributed by atoms with E-state index in [4.69, 9.17) is 4.74 Å². The van der Waals surface area contributed by atoms with Crippen LogP contribution in [0.1, 0.15) is 27.7 Å². The van der Waals surface area contributed by atoms with Crippen molar-refractivity contribution >= 4 is 16.1 Å². The Balaban J connectivity index is 2.23. The van der Waals surface area contributed by atoms with Crippen LogP contribution in [0.5, 0.6) is 0 Å². The van der Waals surface area contributed by atoms with Gasteiger partial charge < -0.3 is 9.64 Å². The normalized spacial score (nSPS) is 23.0. The van der Waals surface area contributed by atoms with Crippen molar-refractivity contribution in [2.24, 2.45) is 0 Å². The molecule has 2 rings (SSSR count). The first-order chi connectivity index (χ1) is 10.8. The molecule has 1 amide bonds. The summed E-state index contributed by atoms with van der Waals surface area (Å²) in [6.07, 6.45) is 0.738. The van der Waals surface area contributed by atoms with Crippen LogP contribution in [0.2, 0.25) is 0 Å². The van der Waals surface area contributed by atoms with Crippen LogP contribution in [0.15, 0.2) is 11.5 Å². The maximum absolute atomic E-state index is 12.6. The number of amides is 1. The second-order valence-electron chi connectivity index (χ2n) is 5.51. The lowest BCUT2D eigenvalue weighted by Gasteiger charge is -2.33. The summed E-state index contributed by atoms with van der Waals surface area (Å²) >= 11 is 0. The highest BCUT2D eigenvalue weighted by Crippen LogP contribution is 2.18. The van der Waals surface area contributed by atoms with Gasteiger partial charge in [-0.25, -0.2) is 18.2 Å². The van der Waals surface area contributed by atoms with Gasteiger partial charge in [-0.3, -0.25) is 0 Å². The minimum atomic E-state index is -3.84. The average molecular weight is 345 g/mol. The SMILES string of the molecule is CCN(CC)C(=O)n1cnc(S(=O)(=O)N2CC(C)OC(C)C2)n1. The van der Waals surface area contributed by atoms with Crippen molar-refractivity contribution in [3.8, 4) is 0 Å². The number of morpholine rings is 1. The summed E-state index contributed by atoms with van der Waals surface area (Å²) < 4.78 is 33.1. The Kier molecular flexibility index (Phi) is 5.37. The van der Waals surface area contributed by atoms with Crippen molar-refractivity contribution in [3.63, 3.8) is 0 Å². The Bertz CT molecular complexity index is 645. The Morgan fingerprint density at radius 2 is 1.87 bits per heavy atom. The van der Waals surface area contributed by atoms with Crippen LogP contribution in [0.4, 0.5) is 4.79 Å². The molecule has 1 aliphatic heterocycles. The molecule has 2 heterocycles. The highest BCUT2D eigenvalue weighted by Gasteiger charge is 2.35. The van der Waals surface area contributed by atoms with E-state index in [0.29, 0.717) is 13.1 Å². The van der Waals surface area contributed by atoms with Crippen LogP contribution < -0.4 is 0 Å². The molecule has 1 saturated heterocycles. The second-order valence-corrected chi connectivity index (χ2v) is 7.34. The smallest absolute Gasteiger partial charge is 0.346 e. The molecule has 23 heavy (non-hydrogen) atoms.